The number of carbonyl (C=O) groups is 1. The Labute approximate surface area is 113 Å². The van der Waals surface area contributed by atoms with Crippen LogP contribution in [0.1, 0.15) is 18.7 Å². The van der Waals surface area contributed by atoms with Gasteiger partial charge < -0.3 is 14.3 Å². The van der Waals surface area contributed by atoms with E-state index in [0.717, 1.165) is 20.0 Å². The van der Waals surface area contributed by atoms with E-state index in [1.807, 2.05) is 11.9 Å². The Morgan fingerprint density at radius 2 is 1.90 bits per heavy atom. The minimum absolute atomic E-state index is 0.231. The molecule has 9 heteroatoms. The molecule has 0 bridgehead atoms. The molecule has 20 heavy (non-hydrogen) atoms. The number of alkyl halides is 3. The number of piperazine rings is 1. The van der Waals surface area contributed by atoms with Crippen molar-refractivity contribution in [2.24, 2.45) is 0 Å². The van der Waals surface area contributed by atoms with E-state index in [9.17, 15) is 18.0 Å². The lowest BCUT2D eigenvalue weighted by molar-refractivity contribution is -0.172. The molecule has 1 atom stereocenters. The Morgan fingerprint density at radius 3 is 2.45 bits per heavy atom. The quantitative estimate of drug-likeness (QED) is 0.830. The fraction of sp³-hybridized carbons (Fsp3) is 0.727. The van der Waals surface area contributed by atoms with Gasteiger partial charge in [-0.25, -0.2) is 0 Å². The van der Waals surface area contributed by atoms with E-state index in [1.165, 1.54) is 0 Å². The van der Waals surface area contributed by atoms with E-state index in [2.05, 4.69) is 15.0 Å². The summed E-state index contributed by atoms with van der Waals surface area (Å²) in [6.45, 7) is 4.05. The number of hydrogen-bond donors (Lipinski definition) is 0. The third-order valence-electron chi connectivity index (χ3n) is 3.26. The van der Waals surface area contributed by atoms with Crippen LogP contribution in [0.15, 0.2) is 4.52 Å². The number of Topliss-reactive ketones (excluding diaryl/α,β-unsaturated/α-hetero) is 1. The third-order valence-corrected chi connectivity index (χ3v) is 3.26. The molecule has 1 saturated heterocycles. The summed E-state index contributed by atoms with van der Waals surface area (Å²) < 4.78 is 41.8. The van der Waals surface area contributed by atoms with Crippen LogP contribution in [0.3, 0.4) is 0 Å². The van der Waals surface area contributed by atoms with Gasteiger partial charge in [0.25, 0.3) is 5.95 Å². The van der Waals surface area contributed by atoms with Crippen LogP contribution in [0, 0.1) is 0 Å². The normalized spacial score (nSPS) is 19.1. The Balaban J connectivity index is 2.07. The SMILES string of the molecule is CC(C(=O)C(F)(F)F)c1nc(N2CCN(C)CC2)no1. The zero-order valence-corrected chi connectivity index (χ0v) is 11.1. The molecule has 0 radical (unpaired) electrons. The van der Waals surface area contributed by atoms with E-state index in [4.69, 9.17) is 4.52 Å². The molecule has 2 rings (SSSR count). The van der Waals surface area contributed by atoms with Crippen LogP contribution in [-0.4, -0.2) is 60.2 Å². The van der Waals surface area contributed by atoms with Crippen molar-refractivity contribution in [3.05, 3.63) is 5.89 Å². The van der Waals surface area contributed by atoms with Gasteiger partial charge in [0.05, 0.1) is 0 Å². The van der Waals surface area contributed by atoms with Gasteiger partial charge in [-0.05, 0) is 19.1 Å². The summed E-state index contributed by atoms with van der Waals surface area (Å²) in [5.41, 5.74) is 0. The molecule has 0 N–H and O–H groups in total. The van der Waals surface area contributed by atoms with Gasteiger partial charge in [0.1, 0.15) is 5.92 Å². The number of nitrogens with zero attached hydrogens (tertiary/aromatic N) is 4. The minimum Gasteiger partial charge on any atom is -0.337 e. The zero-order chi connectivity index (χ0) is 14.9. The number of likely N-dealkylation sites (N-methyl/N-ethyl adjacent to an activating group) is 1. The highest BCUT2D eigenvalue weighted by Crippen LogP contribution is 2.27. The summed E-state index contributed by atoms with van der Waals surface area (Å²) in [5, 5.41) is 3.65. The first-order valence-corrected chi connectivity index (χ1v) is 6.17. The van der Waals surface area contributed by atoms with Gasteiger partial charge >= 0.3 is 6.18 Å². The smallest absolute Gasteiger partial charge is 0.337 e. The van der Waals surface area contributed by atoms with Gasteiger partial charge in [0.2, 0.25) is 11.7 Å². The average Bonchev–Trinajstić information content (AvgIpc) is 2.86. The van der Waals surface area contributed by atoms with Gasteiger partial charge in [0, 0.05) is 26.2 Å². The van der Waals surface area contributed by atoms with Gasteiger partial charge in [-0.3, -0.25) is 4.79 Å². The average molecular weight is 292 g/mol. The van der Waals surface area contributed by atoms with Crippen molar-refractivity contribution in [3.8, 4) is 0 Å². The maximum absolute atomic E-state index is 12.3. The highest BCUT2D eigenvalue weighted by Gasteiger charge is 2.44. The van der Waals surface area contributed by atoms with Crippen LogP contribution in [0.5, 0.6) is 0 Å². The Hall–Kier alpha value is -1.64. The number of hydrogen-bond acceptors (Lipinski definition) is 6. The van der Waals surface area contributed by atoms with E-state index in [-0.39, 0.29) is 11.8 Å². The van der Waals surface area contributed by atoms with E-state index >= 15 is 0 Å². The Morgan fingerprint density at radius 1 is 1.30 bits per heavy atom. The van der Waals surface area contributed by atoms with Crippen molar-refractivity contribution in [2.75, 3.05) is 38.1 Å². The van der Waals surface area contributed by atoms with Gasteiger partial charge in [-0.2, -0.15) is 18.2 Å². The molecule has 1 aromatic rings. The van der Waals surface area contributed by atoms with E-state index < -0.39 is 17.9 Å². The van der Waals surface area contributed by atoms with Crippen LogP contribution in [0.25, 0.3) is 0 Å². The predicted octanol–water partition coefficient (Wildman–Crippen LogP) is 1.06. The minimum atomic E-state index is -4.90. The number of ketones is 1. The monoisotopic (exact) mass is 292 g/mol. The van der Waals surface area contributed by atoms with E-state index in [1.54, 1.807) is 0 Å². The summed E-state index contributed by atoms with van der Waals surface area (Å²) in [4.78, 5) is 19.0. The lowest BCUT2D eigenvalue weighted by atomic mass is 10.1. The highest BCUT2D eigenvalue weighted by molar-refractivity contribution is 5.89. The van der Waals surface area contributed by atoms with Crippen molar-refractivity contribution < 1.29 is 22.5 Å². The lowest BCUT2D eigenvalue weighted by Gasteiger charge is -2.31. The van der Waals surface area contributed by atoms with Crippen molar-refractivity contribution in [2.45, 2.75) is 19.0 Å². The van der Waals surface area contributed by atoms with Crippen molar-refractivity contribution >= 4 is 11.7 Å². The number of halogens is 3. The molecule has 0 spiro atoms. The second-order valence-electron chi connectivity index (χ2n) is 4.81. The molecule has 0 aliphatic carbocycles. The maximum Gasteiger partial charge on any atom is 0.450 e. The molecule has 0 amide bonds. The molecule has 1 aliphatic rings. The summed E-state index contributed by atoms with van der Waals surface area (Å²) in [7, 11) is 1.98. The molecular formula is C11H15F3N4O2. The molecule has 0 saturated carbocycles. The molecule has 1 aromatic heterocycles. The summed E-state index contributed by atoms with van der Waals surface area (Å²) in [6, 6.07) is 0. The second-order valence-corrected chi connectivity index (χ2v) is 4.81. The molecule has 1 aliphatic heterocycles. The Bertz CT molecular complexity index is 480. The number of anilines is 1. The van der Waals surface area contributed by atoms with Crippen LogP contribution >= 0.6 is 0 Å². The van der Waals surface area contributed by atoms with Crippen LogP contribution in [0.2, 0.25) is 0 Å². The number of carbonyl (C=O) groups excluding carboxylic acids is 1. The standard InChI is InChI=1S/C11H15F3N4O2/c1-7(8(19)11(12,13)14)9-15-10(16-20-9)18-5-3-17(2)4-6-18/h7H,3-6H2,1-2H3. The molecule has 6 nitrogen and oxygen atoms in total. The number of aromatic nitrogens is 2. The fourth-order valence-corrected chi connectivity index (χ4v) is 1.90. The molecule has 1 unspecified atom stereocenters. The third kappa shape index (κ3) is 3.09. The van der Waals surface area contributed by atoms with Gasteiger partial charge in [-0.1, -0.05) is 0 Å². The van der Waals surface area contributed by atoms with Crippen molar-refractivity contribution in [1.82, 2.24) is 15.0 Å². The fourth-order valence-electron chi connectivity index (χ4n) is 1.90. The van der Waals surface area contributed by atoms with Crippen molar-refractivity contribution in [1.29, 1.82) is 0 Å². The predicted molar refractivity (Wildman–Crippen MR) is 63.5 cm³/mol. The van der Waals surface area contributed by atoms with Gasteiger partial charge in [0.15, 0.2) is 0 Å². The summed E-state index contributed by atoms with van der Waals surface area (Å²) in [5.74, 6) is -3.44. The highest BCUT2D eigenvalue weighted by atomic mass is 19.4. The van der Waals surface area contributed by atoms with Crippen LogP contribution < -0.4 is 4.90 Å². The molecule has 1 fully saturated rings. The Kier molecular flexibility index (Phi) is 3.98. The van der Waals surface area contributed by atoms with Gasteiger partial charge in [-0.15, -0.1) is 0 Å². The molecule has 0 aromatic carbocycles. The second kappa shape index (κ2) is 5.39. The largest absolute Gasteiger partial charge is 0.450 e. The van der Waals surface area contributed by atoms with E-state index in [0.29, 0.717) is 13.1 Å². The van der Waals surface area contributed by atoms with Crippen LogP contribution in [0.4, 0.5) is 19.1 Å². The number of rotatable bonds is 3. The maximum atomic E-state index is 12.3. The summed E-state index contributed by atoms with van der Waals surface area (Å²) >= 11 is 0. The zero-order valence-electron chi connectivity index (χ0n) is 11.1. The molecule has 2 heterocycles. The first kappa shape index (κ1) is 14.8. The topological polar surface area (TPSA) is 62.5 Å². The molecular weight excluding hydrogens is 277 g/mol. The molecule has 112 valence electrons. The van der Waals surface area contributed by atoms with Crippen molar-refractivity contribution in [3.63, 3.8) is 0 Å². The summed E-state index contributed by atoms with van der Waals surface area (Å²) in [6.07, 6.45) is -4.90. The first-order valence-electron chi connectivity index (χ1n) is 6.17. The first-order chi connectivity index (χ1) is 9.29. The lowest BCUT2D eigenvalue weighted by Crippen LogP contribution is -2.44. The van der Waals surface area contributed by atoms with Crippen LogP contribution in [-0.2, 0) is 4.79 Å².